The number of hydrogen-bond donors (Lipinski definition) is 2. The van der Waals surface area contributed by atoms with Gasteiger partial charge in [0.15, 0.2) is 0 Å². The van der Waals surface area contributed by atoms with Gasteiger partial charge in [-0.25, -0.2) is 9.59 Å². The third kappa shape index (κ3) is 3.06. The van der Waals surface area contributed by atoms with Crippen molar-refractivity contribution in [1.29, 1.82) is 0 Å². The van der Waals surface area contributed by atoms with Crippen LogP contribution >= 0.6 is 0 Å². The average Bonchev–Trinajstić information content (AvgIpc) is 2.46. The molecule has 6 heteroatoms. The van der Waals surface area contributed by atoms with E-state index in [1.165, 1.54) is 4.90 Å². The highest BCUT2D eigenvalue weighted by Gasteiger charge is 2.37. The first-order valence-electron chi connectivity index (χ1n) is 7.46. The molecular weight excluding hydrogens is 260 g/mol. The fourth-order valence-electron chi connectivity index (χ4n) is 3.31. The van der Waals surface area contributed by atoms with E-state index in [1.807, 2.05) is 0 Å². The van der Waals surface area contributed by atoms with E-state index in [0.717, 1.165) is 32.1 Å². The van der Waals surface area contributed by atoms with Crippen molar-refractivity contribution >= 4 is 12.0 Å². The fourth-order valence-corrected chi connectivity index (χ4v) is 3.31. The van der Waals surface area contributed by atoms with E-state index in [-0.39, 0.29) is 12.1 Å². The molecule has 1 heterocycles. The average molecular weight is 284 g/mol. The topological polar surface area (TPSA) is 81.1 Å². The Morgan fingerprint density at radius 3 is 2.40 bits per heavy atom. The van der Waals surface area contributed by atoms with Crippen molar-refractivity contribution in [1.82, 2.24) is 9.80 Å². The number of rotatable bonds is 2. The van der Waals surface area contributed by atoms with E-state index >= 15 is 0 Å². The molecule has 1 saturated carbocycles. The Balaban J connectivity index is 2.06. The Labute approximate surface area is 119 Å². The van der Waals surface area contributed by atoms with Gasteiger partial charge in [0.05, 0.1) is 12.1 Å². The van der Waals surface area contributed by atoms with Gasteiger partial charge in [0.1, 0.15) is 6.04 Å². The SMILES string of the molecule is CN(C(=O)N1CCCCC1C(=O)O)C1CCCCC1O. The molecule has 0 aromatic rings. The zero-order valence-corrected chi connectivity index (χ0v) is 12.0. The molecule has 1 aliphatic carbocycles. The molecule has 2 aliphatic rings. The van der Waals surface area contributed by atoms with Crippen LogP contribution in [0, 0.1) is 0 Å². The Morgan fingerprint density at radius 2 is 1.75 bits per heavy atom. The van der Waals surface area contributed by atoms with Crippen LogP contribution in [0.15, 0.2) is 0 Å². The van der Waals surface area contributed by atoms with Crippen LogP contribution in [0.1, 0.15) is 44.9 Å². The van der Waals surface area contributed by atoms with Crippen molar-refractivity contribution in [3.63, 3.8) is 0 Å². The molecule has 2 rings (SSSR count). The number of nitrogens with zero attached hydrogens (tertiary/aromatic N) is 2. The third-order valence-electron chi connectivity index (χ3n) is 4.53. The Morgan fingerprint density at radius 1 is 1.10 bits per heavy atom. The molecule has 0 bridgehead atoms. The molecule has 0 radical (unpaired) electrons. The predicted octanol–water partition coefficient (Wildman–Crippen LogP) is 1.28. The molecule has 0 spiro atoms. The number of aliphatic carboxylic acids is 1. The highest BCUT2D eigenvalue weighted by molar-refractivity contribution is 5.83. The van der Waals surface area contributed by atoms with Gasteiger partial charge in [-0.05, 0) is 32.1 Å². The monoisotopic (exact) mass is 284 g/mol. The lowest BCUT2D eigenvalue weighted by molar-refractivity contribution is -0.143. The van der Waals surface area contributed by atoms with Gasteiger partial charge in [0.2, 0.25) is 0 Å². The van der Waals surface area contributed by atoms with Gasteiger partial charge in [0.25, 0.3) is 0 Å². The molecule has 2 amide bonds. The summed E-state index contributed by atoms with van der Waals surface area (Å²) in [7, 11) is 1.68. The molecule has 0 aromatic carbocycles. The molecule has 1 aliphatic heterocycles. The number of amides is 2. The van der Waals surface area contributed by atoms with Crippen LogP contribution in [0.25, 0.3) is 0 Å². The third-order valence-corrected chi connectivity index (χ3v) is 4.53. The molecule has 0 aromatic heterocycles. The molecular formula is C14H24N2O4. The second-order valence-electron chi connectivity index (χ2n) is 5.86. The normalized spacial score (nSPS) is 30.9. The van der Waals surface area contributed by atoms with Gasteiger partial charge < -0.3 is 20.0 Å². The van der Waals surface area contributed by atoms with Crippen molar-refractivity contribution in [3.8, 4) is 0 Å². The zero-order valence-electron chi connectivity index (χ0n) is 12.0. The van der Waals surface area contributed by atoms with Gasteiger partial charge >= 0.3 is 12.0 Å². The second kappa shape index (κ2) is 6.43. The van der Waals surface area contributed by atoms with Crippen LogP contribution in [0.4, 0.5) is 4.79 Å². The van der Waals surface area contributed by atoms with Gasteiger partial charge in [0, 0.05) is 13.6 Å². The van der Waals surface area contributed by atoms with Gasteiger partial charge in [-0.3, -0.25) is 0 Å². The summed E-state index contributed by atoms with van der Waals surface area (Å²) in [6.45, 7) is 0.489. The minimum atomic E-state index is -0.935. The molecule has 2 fully saturated rings. The molecule has 114 valence electrons. The Bertz CT molecular complexity index is 374. The number of likely N-dealkylation sites (tertiary alicyclic amines) is 1. The fraction of sp³-hybridized carbons (Fsp3) is 0.857. The number of urea groups is 1. The standard InChI is InChI=1S/C14H24N2O4/c1-15(10-6-2-3-8-12(10)17)14(20)16-9-5-4-7-11(16)13(18)19/h10-12,17H,2-9H2,1H3,(H,18,19). The van der Waals surface area contributed by atoms with Crippen LogP contribution in [0.3, 0.4) is 0 Å². The lowest BCUT2D eigenvalue weighted by Crippen LogP contribution is -2.56. The van der Waals surface area contributed by atoms with Crippen LogP contribution in [-0.2, 0) is 4.79 Å². The number of carboxylic acid groups (broad SMARTS) is 1. The lowest BCUT2D eigenvalue weighted by atomic mass is 9.91. The van der Waals surface area contributed by atoms with Crippen LogP contribution in [0.2, 0.25) is 0 Å². The molecule has 6 nitrogen and oxygen atoms in total. The van der Waals surface area contributed by atoms with Gasteiger partial charge in [-0.15, -0.1) is 0 Å². The summed E-state index contributed by atoms with van der Waals surface area (Å²) in [6, 6.07) is -1.17. The molecule has 3 atom stereocenters. The summed E-state index contributed by atoms with van der Waals surface area (Å²) in [4.78, 5) is 26.8. The smallest absolute Gasteiger partial charge is 0.326 e. The summed E-state index contributed by atoms with van der Waals surface area (Å²) in [5.41, 5.74) is 0. The van der Waals surface area contributed by atoms with E-state index in [4.69, 9.17) is 0 Å². The zero-order chi connectivity index (χ0) is 14.7. The molecule has 2 N–H and O–H groups in total. The summed E-state index contributed by atoms with van der Waals surface area (Å²) in [5, 5.41) is 19.3. The van der Waals surface area contributed by atoms with Crippen molar-refractivity contribution in [2.24, 2.45) is 0 Å². The van der Waals surface area contributed by atoms with E-state index in [9.17, 15) is 19.8 Å². The number of carbonyl (C=O) groups is 2. The summed E-state index contributed by atoms with van der Waals surface area (Å²) in [5.74, 6) is -0.935. The summed E-state index contributed by atoms with van der Waals surface area (Å²) >= 11 is 0. The second-order valence-corrected chi connectivity index (χ2v) is 5.86. The first-order valence-corrected chi connectivity index (χ1v) is 7.46. The Hall–Kier alpha value is -1.30. The lowest BCUT2D eigenvalue weighted by Gasteiger charge is -2.41. The first kappa shape index (κ1) is 15.1. The van der Waals surface area contributed by atoms with E-state index in [1.54, 1.807) is 11.9 Å². The van der Waals surface area contributed by atoms with E-state index < -0.39 is 18.1 Å². The minimum absolute atomic E-state index is 0.187. The van der Waals surface area contributed by atoms with Crippen LogP contribution in [0.5, 0.6) is 0 Å². The maximum Gasteiger partial charge on any atom is 0.326 e. The van der Waals surface area contributed by atoms with Gasteiger partial charge in [-0.2, -0.15) is 0 Å². The highest BCUT2D eigenvalue weighted by Crippen LogP contribution is 2.25. The number of aliphatic hydroxyl groups is 1. The number of piperidine rings is 1. The number of carbonyl (C=O) groups excluding carboxylic acids is 1. The minimum Gasteiger partial charge on any atom is -0.480 e. The first-order chi connectivity index (χ1) is 9.52. The van der Waals surface area contributed by atoms with Crippen molar-refractivity contribution in [3.05, 3.63) is 0 Å². The van der Waals surface area contributed by atoms with Crippen molar-refractivity contribution < 1.29 is 19.8 Å². The molecule has 1 saturated heterocycles. The number of hydrogen-bond acceptors (Lipinski definition) is 3. The molecule has 20 heavy (non-hydrogen) atoms. The quantitative estimate of drug-likeness (QED) is 0.800. The van der Waals surface area contributed by atoms with Crippen LogP contribution in [-0.4, -0.2) is 63.8 Å². The van der Waals surface area contributed by atoms with E-state index in [2.05, 4.69) is 0 Å². The maximum absolute atomic E-state index is 12.5. The Kier molecular flexibility index (Phi) is 4.86. The summed E-state index contributed by atoms with van der Waals surface area (Å²) < 4.78 is 0. The summed E-state index contributed by atoms with van der Waals surface area (Å²) in [6.07, 6.45) is 5.20. The van der Waals surface area contributed by atoms with Crippen molar-refractivity contribution in [2.75, 3.05) is 13.6 Å². The van der Waals surface area contributed by atoms with E-state index in [0.29, 0.717) is 19.4 Å². The van der Waals surface area contributed by atoms with Crippen LogP contribution < -0.4 is 0 Å². The number of aliphatic hydroxyl groups excluding tert-OH is 1. The number of carboxylic acids is 1. The number of likely N-dealkylation sites (N-methyl/N-ethyl adjacent to an activating group) is 1. The largest absolute Gasteiger partial charge is 0.480 e. The molecule has 3 unspecified atom stereocenters. The van der Waals surface area contributed by atoms with Crippen molar-refractivity contribution in [2.45, 2.75) is 63.1 Å². The predicted molar refractivity (Wildman–Crippen MR) is 73.4 cm³/mol. The maximum atomic E-state index is 12.5. The highest BCUT2D eigenvalue weighted by atomic mass is 16.4. The van der Waals surface area contributed by atoms with Gasteiger partial charge in [-0.1, -0.05) is 12.8 Å².